The number of methoxy groups -OCH3 is 1. The summed E-state index contributed by atoms with van der Waals surface area (Å²) in [5.74, 6) is -0.171. The Morgan fingerprint density at radius 2 is 1.89 bits per heavy atom. The van der Waals surface area contributed by atoms with Crippen molar-refractivity contribution in [3.63, 3.8) is 0 Å². The molecule has 14 heteroatoms. The van der Waals surface area contributed by atoms with Crippen molar-refractivity contribution >= 4 is 44.2 Å². The smallest absolute Gasteiger partial charge is 0.259 e. The van der Waals surface area contributed by atoms with E-state index in [1.54, 1.807) is 18.2 Å². The first kappa shape index (κ1) is 37.4. The highest BCUT2D eigenvalue weighted by molar-refractivity contribution is 7.91. The monoisotopic (exact) mass is 751 g/mol. The predicted molar refractivity (Wildman–Crippen MR) is 200 cm³/mol. The van der Waals surface area contributed by atoms with Crippen LogP contribution in [0.2, 0.25) is 0 Å². The van der Waals surface area contributed by atoms with E-state index in [2.05, 4.69) is 28.8 Å². The molecule has 2 saturated carbocycles. The van der Waals surface area contributed by atoms with Gasteiger partial charge >= 0.3 is 0 Å². The molecule has 0 radical (unpaired) electrons. The van der Waals surface area contributed by atoms with Crippen LogP contribution in [0.5, 0.6) is 11.6 Å². The summed E-state index contributed by atoms with van der Waals surface area (Å²) in [6.07, 6.45) is 9.91. The van der Waals surface area contributed by atoms with Crippen molar-refractivity contribution in [1.29, 1.82) is 0 Å². The third-order valence-corrected chi connectivity index (χ3v) is 14.4. The lowest BCUT2D eigenvalue weighted by molar-refractivity contribution is -0.140. The van der Waals surface area contributed by atoms with Gasteiger partial charge in [0.15, 0.2) is 0 Å². The number of benzene rings is 1. The van der Waals surface area contributed by atoms with E-state index < -0.39 is 44.3 Å². The quantitative estimate of drug-likeness (QED) is 0.377. The lowest BCUT2D eigenvalue weighted by Crippen LogP contribution is -2.57. The number of anilines is 1. The number of nitrogens with zero attached hydrogens (tertiary/aromatic N) is 3. The number of carbonyl (C=O) groups excluding carboxylic acids is 3. The second-order valence-corrected chi connectivity index (χ2v) is 18.0. The van der Waals surface area contributed by atoms with Gasteiger partial charge in [-0.1, -0.05) is 32.9 Å². The van der Waals surface area contributed by atoms with Crippen LogP contribution in [0, 0.1) is 17.8 Å². The highest BCUT2D eigenvalue weighted by atomic mass is 32.2. The first-order valence-corrected chi connectivity index (χ1v) is 20.7. The van der Waals surface area contributed by atoms with Gasteiger partial charge in [-0.25, -0.2) is 13.4 Å². The molecular weight excluding hydrogens is 699 g/mol. The molecule has 4 fully saturated rings. The summed E-state index contributed by atoms with van der Waals surface area (Å²) < 4.78 is 45.8. The van der Waals surface area contributed by atoms with Gasteiger partial charge < -0.3 is 29.3 Å². The average molecular weight is 752 g/mol. The molecule has 13 nitrogen and oxygen atoms in total. The summed E-state index contributed by atoms with van der Waals surface area (Å²) in [7, 11) is -2.32. The molecule has 2 saturated heterocycles. The molecule has 0 bridgehead atoms. The molecule has 2 aliphatic carbocycles. The second kappa shape index (κ2) is 14.7. The summed E-state index contributed by atoms with van der Waals surface area (Å²) in [5.41, 5.74) is -0.486. The molecule has 1 aromatic carbocycles. The third-order valence-electron chi connectivity index (χ3n) is 12.1. The zero-order valence-electron chi connectivity index (χ0n) is 31.3. The van der Waals surface area contributed by atoms with E-state index in [-0.39, 0.29) is 43.6 Å². The Bertz CT molecular complexity index is 1880. The molecule has 3 aliphatic heterocycles. The number of ether oxygens (including phenoxy) is 3. The SMILES string of the molecule is CCC1(S(=O)(=O)NC(=O)[C@@]23C[C@H]2/C=C\CC[C@@H](C)C[C@@H](C)CC(=O)N2C[C@H](Oc4ncc(N5CCOCC5)c5cc(OC)ccc45)C[C@H]2C(=O)N3)CC1. The number of nitrogens with one attached hydrogen (secondary N) is 2. The number of aromatic nitrogens is 1. The number of pyridine rings is 1. The van der Waals surface area contributed by atoms with E-state index in [1.165, 1.54) is 0 Å². The molecule has 2 aromatic rings. The van der Waals surface area contributed by atoms with Gasteiger partial charge in [-0.05, 0) is 75.0 Å². The third kappa shape index (κ3) is 7.45. The number of fused-ring (bicyclic) bond motifs is 3. The Kier molecular flexibility index (Phi) is 10.4. The van der Waals surface area contributed by atoms with Crippen LogP contribution in [0.1, 0.15) is 78.6 Å². The van der Waals surface area contributed by atoms with Crippen molar-refractivity contribution in [2.45, 2.75) is 101 Å². The van der Waals surface area contributed by atoms with Gasteiger partial charge in [-0.3, -0.25) is 19.1 Å². The van der Waals surface area contributed by atoms with Crippen molar-refractivity contribution in [2.75, 3.05) is 44.9 Å². The molecule has 6 atom stereocenters. The van der Waals surface area contributed by atoms with Crippen LogP contribution in [-0.2, 0) is 29.1 Å². The zero-order chi connectivity index (χ0) is 37.5. The van der Waals surface area contributed by atoms with E-state index in [9.17, 15) is 22.8 Å². The van der Waals surface area contributed by atoms with Crippen LogP contribution >= 0.6 is 0 Å². The summed E-state index contributed by atoms with van der Waals surface area (Å²) in [6.45, 7) is 8.91. The number of amides is 3. The fourth-order valence-electron chi connectivity index (χ4n) is 8.53. The Morgan fingerprint density at radius 1 is 1.11 bits per heavy atom. The van der Waals surface area contributed by atoms with Gasteiger partial charge in [0, 0.05) is 42.6 Å². The molecule has 1 aromatic heterocycles. The highest BCUT2D eigenvalue weighted by Gasteiger charge is 2.63. The van der Waals surface area contributed by atoms with Gasteiger partial charge in [0.1, 0.15) is 23.4 Å². The second-order valence-electron chi connectivity index (χ2n) is 15.9. The average Bonchev–Trinajstić information content (AvgIpc) is 4.04. The van der Waals surface area contributed by atoms with Gasteiger partial charge in [0.05, 0.1) is 43.5 Å². The fourth-order valence-corrected chi connectivity index (χ4v) is 10.2. The van der Waals surface area contributed by atoms with Crippen LogP contribution in [-0.4, -0.2) is 98.4 Å². The predicted octanol–water partition coefficient (Wildman–Crippen LogP) is 4.09. The number of allylic oxidation sites excluding steroid dienone is 1. The molecule has 53 heavy (non-hydrogen) atoms. The number of morpholine rings is 1. The van der Waals surface area contributed by atoms with E-state index in [4.69, 9.17) is 19.2 Å². The maximum atomic E-state index is 14.3. The van der Waals surface area contributed by atoms with Gasteiger partial charge in [0.2, 0.25) is 27.7 Å². The Balaban J connectivity index is 1.17. The maximum Gasteiger partial charge on any atom is 0.259 e. The summed E-state index contributed by atoms with van der Waals surface area (Å²) >= 11 is 0. The minimum Gasteiger partial charge on any atom is -0.497 e. The number of sulfonamides is 1. The van der Waals surface area contributed by atoms with Crippen molar-refractivity contribution in [3.05, 3.63) is 36.5 Å². The molecule has 0 spiro atoms. The Labute approximate surface area is 312 Å². The summed E-state index contributed by atoms with van der Waals surface area (Å²) in [4.78, 5) is 50.8. The van der Waals surface area contributed by atoms with Crippen molar-refractivity contribution in [1.82, 2.24) is 19.9 Å². The fraction of sp³-hybridized carbons (Fsp3) is 0.641. The van der Waals surface area contributed by atoms with Gasteiger partial charge in [-0.2, -0.15) is 0 Å². The van der Waals surface area contributed by atoms with Crippen LogP contribution in [0.3, 0.4) is 0 Å². The van der Waals surface area contributed by atoms with Crippen molar-refractivity contribution in [2.24, 2.45) is 17.8 Å². The largest absolute Gasteiger partial charge is 0.497 e. The lowest BCUT2D eigenvalue weighted by Gasteiger charge is -2.30. The van der Waals surface area contributed by atoms with Gasteiger partial charge in [0.25, 0.3) is 5.91 Å². The summed E-state index contributed by atoms with van der Waals surface area (Å²) in [5, 5.41) is 4.66. The van der Waals surface area contributed by atoms with E-state index in [0.29, 0.717) is 50.0 Å². The van der Waals surface area contributed by atoms with Gasteiger partial charge in [-0.15, -0.1) is 0 Å². The number of hydrogen-bond acceptors (Lipinski definition) is 10. The standard InChI is InChI=1S/C39H53N5O8S/c1-5-38(12-13-38)53(48,49)42-37(47)39-22-27(39)9-7-6-8-25(2)18-26(3)19-34(45)44-24-29(21-32(44)35(46)41-39)52-36-30-11-10-28(50-4)20-31(30)33(23-40-36)43-14-16-51-17-15-43/h7,9-11,20,23,25-27,29,32H,5-6,8,12-19,21-22,24H2,1-4H3,(H,41,46)(H,42,47)/b9-7-/t25-,26-,27-,29-,32+,39-/m1/s1. The number of hydrogen-bond donors (Lipinski definition) is 2. The van der Waals surface area contributed by atoms with Crippen LogP contribution in [0.15, 0.2) is 36.5 Å². The van der Waals surface area contributed by atoms with E-state index in [0.717, 1.165) is 48.8 Å². The zero-order valence-corrected chi connectivity index (χ0v) is 32.1. The molecule has 3 amide bonds. The molecule has 288 valence electrons. The Hall–Kier alpha value is -3.91. The van der Waals surface area contributed by atoms with Crippen molar-refractivity contribution in [3.8, 4) is 11.6 Å². The number of carbonyl (C=O) groups is 3. The topological polar surface area (TPSA) is 156 Å². The van der Waals surface area contributed by atoms with E-state index in [1.807, 2.05) is 37.3 Å². The lowest BCUT2D eigenvalue weighted by atomic mass is 9.91. The van der Waals surface area contributed by atoms with Crippen LogP contribution < -0.4 is 24.4 Å². The van der Waals surface area contributed by atoms with Crippen LogP contribution in [0.25, 0.3) is 10.8 Å². The molecule has 0 unspecified atom stereocenters. The first-order valence-electron chi connectivity index (χ1n) is 19.2. The Morgan fingerprint density at radius 3 is 2.60 bits per heavy atom. The minimum atomic E-state index is -3.94. The summed E-state index contributed by atoms with van der Waals surface area (Å²) in [6, 6.07) is 4.81. The first-order chi connectivity index (χ1) is 25.4. The normalized spacial score (nSPS) is 31.0. The highest BCUT2D eigenvalue weighted by Crippen LogP contribution is 2.49. The number of rotatable bonds is 8. The maximum absolute atomic E-state index is 14.3. The van der Waals surface area contributed by atoms with Crippen molar-refractivity contribution < 1.29 is 37.0 Å². The molecule has 2 N–H and O–H groups in total. The molecular formula is C39H53N5O8S. The minimum absolute atomic E-state index is 0.104. The van der Waals surface area contributed by atoms with Crippen LogP contribution in [0.4, 0.5) is 5.69 Å². The molecule has 4 heterocycles. The molecule has 7 rings (SSSR count). The molecule has 5 aliphatic rings. The van der Waals surface area contributed by atoms with E-state index >= 15 is 0 Å².